The van der Waals surface area contributed by atoms with Gasteiger partial charge < -0.3 is 15.5 Å². The first kappa shape index (κ1) is 15.0. The number of nitrogens with zero attached hydrogens (tertiary/aromatic N) is 1. The van der Waals surface area contributed by atoms with Gasteiger partial charge in [0.25, 0.3) is 0 Å². The first-order valence-electron chi connectivity index (χ1n) is 4.80. The molecule has 0 radical (unpaired) electrons. The predicted octanol–water partition coefficient (Wildman–Crippen LogP) is 2.19. The van der Waals surface area contributed by atoms with Crippen molar-refractivity contribution in [2.45, 2.75) is 20.4 Å². The molecule has 5 heteroatoms. The molecule has 1 rings (SSSR count). The van der Waals surface area contributed by atoms with Crippen molar-refractivity contribution < 1.29 is 4.42 Å². The van der Waals surface area contributed by atoms with Gasteiger partial charge in [-0.25, -0.2) is 4.99 Å². The second-order valence-electron chi connectivity index (χ2n) is 3.54. The van der Waals surface area contributed by atoms with Crippen molar-refractivity contribution in [2.75, 3.05) is 6.54 Å². The van der Waals surface area contributed by atoms with Crippen molar-refractivity contribution in [1.82, 2.24) is 5.32 Å². The van der Waals surface area contributed by atoms with Crippen molar-refractivity contribution in [3.05, 3.63) is 35.8 Å². The van der Waals surface area contributed by atoms with Crippen molar-refractivity contribution in [3.63, 3.8) is 0 Å². The summed E-state index contributed by atoms with van der Waals surface area (Å²) in [6.45, 7) is 8.78. The van der Waals surface area contributed by atoms with Gasteiger partial charge in [0.05, 0.1) is 6.26 Å². The topological polar surface area (TPSA) is 63.5 Å². The van der Waals surface area contributed by atoms with Gasteiger partial charge in [0.2, 0.25) is 0 Å². The monoisotopic (exact) mass is 335 g/mol. The molecule has 3 N–H and O–H groups in total. The fourth-order valence-corrected chi connectivity index (χ4v) is 1.02. The van der Waals surface area contributed by atoms with Crippen molar-refractivity contribution in [1.29, 1.82) is 0 Å². The molecule has 0 aliphatic rings. The summed E-state index contributed by atoms with van der Waals surface area (Å²) >= 11 is 0. The van der Waals surface area contributed by atoms with Gasteiger partial charge in [-0.05, 0) is 25.5 Å². The Morgan fingerprint density at radius 2 is 2.31 bits per heavy atom. The molecule has 0 aliphatic heterocycles. The van der Waals surface area contributed by atoms with Gasteiger partial charge in [0.1, 0.15) is 12.3 Å². The van der Waals surface area contributed by atoms with E-state index in [9.17, 15) is 0 Å². The summed E-state index contributed by atoms with van der Waals surface area (Å²) in [5.74, 6) is 1.25. The Hall–Kier alpha value is -0.980. The van der Waals surface area contributed by atoms with Gasteiger partial charge >= 0.3 is 0 Å². The van der Waals surface area contributed by atoms with E-state index in [0.717, 1.165) is 16.9 Å². The summed E-state index contributed by atoms with van der Waals surface area (Å²) in [5.41, 5.74) is 7.75. The van der Waals surface area contributed by atoms with Gasteiger partial charge in [0.15, 0.2) is 5.96 Å². The van der Waals surface area contributed by atoms with E-state index in [-0.39, 0.29) is 24.0 Å². The summed E-state index contributed by atoms with van der Waals surface area (Å²) in [4.78, 5) is 4.15. The molecule has 0 aromatic carbocycles. The summed E-state index contributed by atoms with van der Waals surface area (Å²) in [5, 5.41) is 2.95. The molecule has 90 valence electrons. The van der Waals surface area contributed by atoms with Crippen LogP contribution in [0.1, 0.15) is 18.2 Å². The molecule has 0 amide bonds. The van der Waals surface area contributed by atoms with Crippen LogP contribution in [-0.4, -0.2) is 12.5 Å². The molecule has 0 aliphatic carbocycles. The van der Waals surface area contributed by atoms with Crippen LogP contribution in [0, 0.1) is 6.92 Å². The number of nitrogens with one attached hydrogen (secondary N) is 1. The number of rotatable bonds is 4. The lowest BCUT2D eigenvalue weighted by Crippen LogP contribution is -2.32. The second-order valence-corrected chi connectivity index (χ2v) is 3.54. The van der Waals surface area contributed by atoms with Crippen LogP contribution in [-0.2, 0) is 6.54 Å². The van der Waals surface area contributed by atoms with Crippen molar-refractivity contribution in [3.8, 4) is 0 Å². The van der Waals surface area contributed by atoms with Crippen molar-refractivity contribution in [2.24, 2.45) is 10.7 Å². The summed E-state index contributed by atoms with van der Waals surface area (Å²) in [6.07, 6.45) is 1.65. The van der Waals surface area contributed by atoms with Crippen LogP contribution < -0.4 is 11.1 Å². The van der Waals surface area contributed by atoms with Gasteiger partial charge in [0, 0.05) is 6.54 Å². The van der Waals surface area contributed by atoms with Crippen LogP contribution in [0.25, 0.3) is 0 Å². The molecule has 0 saturated carbocycles. The Morgan fingerprint density at radius 3 is 2.81 bits per heavy atom. The van der Waals surface area contributed by atoms with Gasteiger partial charge in [-0.3, -0.25) is 0 Å². The summed E-state index contributed by atoms with van der Waals surface area (Å²) < 4.78 is 5.23. The third-order valence-corrected chi connectivity index (χ3v) is 1.93. The molecule has 0 spiro atoms. The largest absolute Gasteiger partial charge is 0.467 e. The van der Waals surface area contributed by atoms with Gasteiger partial charge in [-0.2, -0.15) is 0 Å². The maximum absolute atomic E-state index is 5.64. The van der Waals surface area contributed by atoms with E-state index in [1.54, 1.807) is 6.26 Å². The molecule has 1 heterocycles. The average Bonchev–Trinajstić information content (AvgIpc) is 2.58. The molecular formula is C11H18IN3O. The van der Waals surface area contributed by atoms with E-state index in [4.69, 9.17) is 10.2 Å². The Bertz CT molecular complexity index is 371. The predicted molar refractivity (Wildman–Crippen MR) is 77.0 cm³/mol. The van der Waals surface area contributed by atoms with Crippen LogP contribution in [0.5, 0.6) is 0 Å². The third-order valence-electron chi connectivity index (χ3n) is 1.93. The van der Waals surface area contributed by atoms with E-state index in [1.807, 2.05) is 19.9 Å². The van der Waals surface area contributed by atoms with Gasteiger partial charge in [-0.15, -0.1) is 24.0 Å². The Balaban J connectivity index is 0.00000225. The molecule has 16 heavy (non-hydrogen) atoms. The van der Waals surface area contributed by atoms with Crippen LogP contribution in [0.3, 0.4) is 0 Å². The first-order valence-corrected chi connectivity index (χ1v) is 4.80. The number of guanidine groups is 1. The molecule has 0 unspecified atom stereocenters. The van der Waals surface area contributed by atoms with E-state index in [2.05, 4.69) is 16.9 Å². The highest BCUT2D eigenvalue weighted by atomic mass is 127. The molecule has 0 fully saturated rings. The minimum absolute atomic E-state index is 0. The fourth-order valence-electron chi connectivity index (χ4n) is 1.02. The first-order chi connectivity index (χ1) is 7.09. The van der Waals surface area contributed by atoms with Crippen LogP contribution >= 0.6 is 24.0 Å². The second kappa shape index (κ2) is 7.32. The highest BCUT2D eigenvalue weighted by Crippen LogP contribution is 2.09. The molecule has 0 atom stereocenters. The highest BCUT2D eigenvalue weighted by Gasteiger charge is 2.00. The summed E-state index contributed by atoms with van der Waals surface area (Å²) in [7, 11) is 0. The van der Waals surface area contributed by atoms with E-state index >= 15 is 0 Å². The smallest absolute Gasteiger partial charge is 0.189 e. The molecule has 0 saturated heterocycles. The number of halogens is 1. The fraction of sp³-hybridized carbons (Fsp3) is 0.364. The van der Waals surface area contributed by atoms with E-state index in [1.165, 1.54) is 0 Å². The number of hydrogen-bond acceptors (Lipinski definition) is 2. The minimum Gasteiger partial charge on any atom is -0.467 e. The molecule has 1 aromatic heterocycles. The Morgan fingerprint density at radius 1 is 1.62 bits per heavy atom. The zero-order chi connectivity index (χ0) is 11.3. The molecular weight excluding hydrogens is 317 g/mol. The standard InChI is InChI=1S/C11H17N3O.HI/c1-8(2)6-13-11(12)14-7-10-9(3)4-5-15-10;/h4-5H,1,6-7H2,2-3H3,(H3,12,13,14);1H. The molecule has 4 nitrogen and oxygen atoms in total. The maximum atomic E-state index is 5.64. The van der Waals surface area contributed by atoms with E-state index in [0.29, 0.717) is 19.0 Å². The Kier molecular flexibility index (Phi) is 6.87. The molecule has 0 bridgehead atoms. The zero-order valence-corrected chi connectivity index (χ0v) is 11.9. The number of hydrogen-bond donors (Lipinski definition) is 2. The normalized spacial score (nSPS) is 10.8. The van der Waals surface area contributed by atoms with Crippen LogP contribution in [0.2, 0.25) is 0 Å². The molecule has 1 aromatic rings. The number of aryl methyl sites for hydroxylation is 1. The van der Waals surface area contributed by atoms with E-state index < -0.39 is 0 Å². The lowest BCUT2D eigenvalue weighted by Gasteiger charge is -2.04. The number of aliphatic imine (C=N–C) groups is 1. The summed E-state index contributed by atoms with van der Waals surface area (Å²) in [6, 6.07) is 1.91. The highest BCUT2D eigenvalue weighted by molar-refractivity contribution is 14.0. The quantitative estimate of drug-likeness (QED) is 0.384. The lowest BCUT2D eigenvalue weighted by molar-refractivity contribution is 0.509. The SMILES string of the molecule is C=C(C)CNC(N)=NCc1occc1C.I. The minimum atomic E-state index is 0. The van der Waals surface area contributed by atoms with Crippen molar-refractivity contribution >= 4 is 29.9 Å². The number of furan rings is 1. The third kappa shape index (κ3) is 5.20. The lowest BCUT2D eigenvalue weighted by atomic mass is 10.3. The zero-order valence-electron chi connectivity index (χ0n) is 9.62. The maximum Gasteiger partial charge on any atom is 0.189 e. The van der Waals surface area contributed by atoms with Crippen LogP contribution in [0.15, 0.2) is 33.9 Å². The number of nitrogens with two attached hydrogens (primary N) is 1. The van der Waals surface area contributed by atoms with Gasteiger partial charge in [-0.1, -0.05) is 12.2 Å². The Labute approximate surface area is 113 Å². The average molecular weight is 335 g/mol. The van der Waals surface area contributed by atoms with Crippen LogP contribution in [0.4, 0.5) is 0 Å².